The molecule has 1 aromatic rings. The third-order valence-corrected chi connectivity index (χ3v) is 5.56. The molecule has 1 atom stereocenters. The fraction of sp³-hybridized carbons (Fsp3) is 0.571. The van der Waals surface area contributed by atoms with Crippen molar-refractivity contribution in [3.8, 4) is 5.75 Å². The Balaban J connectivity index is 1.67. The number of nitrogens with two attached hydrogens (primary N) is 1. The summed E-state index contributed by atoms with van der Waals surface area (Å²) >= 11 is 0. The molecule has 2 aliphatic rings. The molecule has 0 aromatic heterocycles. The molecule has 158 valence electrons. The van der Waals surface area contributed by atoms with E-state index in [1.54, 1.807) is 0 Å². The Labute approximate surface area is 178 Å². The Morgan fingerprint density at radius 1 is 1.41 bits per heavy atom. The van der Waals surface area contributed by atoms with Gasteiger partial charge in [0, 0.05) is 41.4 Å². The van der Waals surface area contributed by atoms with Crippen LogP contribution in [0, 0.1) is 16.0 Å². The molecule has 1 amide bonds. The largest absolute Gasteiger partial charge is 0.491 e. The van der Waals surface area contributed by atoms with Gasteiger partial charge in [-0.15, -0.1) is 0 Å². The molecule has 1 aromatic carbocycles. The van der Waals surface area contributed by atoms with Crippen molar-refractivity contribution in [2.24, 2.45) is 5.92 Å². The van der Waals surface area contributed by atoms with Gasteiger partial charge in [0.2, 0.25) is 0 Å². The number of allylic oxidation sites excluding steroid dienone is 2. The Morgan fingerprint density at radius 2 is 2.21 bits per heavy atom. The van der Waals surface area contributed by atoms with Crippen LogP contribution in [0.3, 0.4) is 0 Å². The van der Waals surface area contributed by atoms with E-state index in [4.69, 9.17) is 17.3 Å². The van der Waals surface area contributed by atoms with Crippen molar-refractivity contribution in [3.63, 3.8) is 0 Å². The van der Waals surface area contributed by atoms with Gasteiger partial charge in [0.15, 0.2) is 5.69 Å². The van der Waals surface area contributed by atoms with Crippen LogP contribution in [0.4, 0.5) is 11.4 Å². The summed E-state index contributed by atoms with van der Waals surface area (Å²) in [6.07, 6.45) is 9.31. The van der Waals surface area contributed by atoms with Crippen LogP contribution in [0.2, 0.25) is 0 Å². The number of nitrogens with one attached hydrogen (secondary N) is 1. The molecule has 1 heterocycles. The number of likely N-dealkylation sites (tertiary alicyclic amines) is 1. The lowest BCUT2D eigenvalue weighted by atomic mass is 9.93. The molecular weight excluding hydrogens is 372 g/mol. The summed E-state index contributed by atoms with van der Waals surface area (Å²) in [6.45, 7) is -3.64. The second-order valence-corrected chi connectivity index (χ2v) is 7.57. The highest BCUT2D eigenvalue weighted by molar-refractivity contribution is 5.96. The van der Waals surface area contributed by atoms with Gasteiger partial charge in [-0.25, -0.2) is 0 Å². The van der Waals surface area contributed by atoms with Crippen molar-refractivity contribution < 1.29 is 21.3 Å². The number of nitrogen functional groups attached to an aromatic ring is 1. The van der Waals surface area contributed by atoms with Gasteiger partial charge in [-0.3, -0.25) is 14.9 Å². The smallest absolute Gasteiger partial charge is 0.296 e. The van der Waals surface area contributed by atoms with Gasteiger partial charge in [0.05, 0.1) is 14.2 Å². The van der Waals surface area contributed by atoms with Crippen LogP contribution in [0.15, 0.2) is 24.3 Å². The molecule has 3 rings (SSSR count). The fourth-order valence-electron chi connectivity index (χ4n) is 3.95. The van der Waals surface area contributed by atoms with Gasteiger partial charge in [0.25, 0.3) is 11.6 Å². The maximum Gasteiger partial charge on any atom is 0.296 e. The molecule has 1 saturated heterocycles. The number of amides is 1. The number of anilines is 1. The number of carbonyl (C=O) groups is 1. The lowest BCUT2D eigenvalue weighted by molar-refractivity contribution is -0.384. The summed E-state index contributed by atoms with van der Waals surface area (Å²) in [6, 6.07) is 1.89. The first-order chi connectivity index (χ1) is 15.9. The predicted octanol–water partition coefficient (Wildman–Crippen LogP) is 3.13. The first-order valence-corrected chi connectivity index (χ1v) is 9.82. The Morgan fingerprint density at radius 3 is 2.86 bits per heavy atom. The van der Waals surface area contributed by atoms with E-state index in [1.165, 1.54) is 6.42 Å². The molecule has 8 heteroatoms. The zero-order valence-electron chi connectivity index (χ0n) is 21.2. The van der Waals surface area contributed by atoms with Gasteiger partial charge in [0.1, 0.15) is 5.75 Å². The van der Waals surface area contributed by atoms with Crippen molar-refractivity contribution in [2.75, 3.05) is 31.9 Å². The van der Waals surface area contributed by atoms with Gasteiger partial charge >= 0.3 is 0 Å². The average molecular weight is 408 g/mol. The number of benzene rings is 1. The van der Waals surface area contributed by atoms with E-state index >= 15 is 0 Å². The number of hydrogen-bond acceptors (Lipinski definition) is 6. The highest BCUT2D eigenvalue weighted by Gasteiger charge is 2.25. The highest BCUT2D eigenvalue weighted by atomic mass is 16.6. The van der Waals surface area contributed by atoms with Crippen molar-refractivity contribution in [3.05, 3.63) is 40.0 Å². The molecule has 8 nitrogen and oxygen atoms in total. The van der Waals surface area contributed by atoms with Crippen LogP contribution in [-0.4, -0.2) is 48.0 Å². The minimum absolute atomic E-state index is 0.121. The number of nitro benzene ring substituents is 1. The standard InChI is InChI=1S/C21H30N4O4/c1-2-29-19-13-16(12-18(20(19)22)25(27)28)21(26)23-17-8-10-24(11-9-17)14-15-6-4-3-5-7-15/h3-4,12-13,15,17H,2,5-11,14,22H2,1H3,(H,23,26)/i1D3,2D2. The minimum atomic E-state index is -3.17. The van der Waals surface area contributed by atoms with Crippen molar-refractivity contribution in [2.45, 2.75) is 45.0 Å². The Bertz CT molecular complexity index is 946. The van der Waals surface area contributed by atoms with Crippen LogP contribution in [0.5, 0.6) is 5.75 Å². The molecular formula is C21H30N4O4. The zero-order valence-corrected chi connectivity index (χ0v) is 16.2. The quantitative estimate of drug-likeness (QED) is 0.311. The summed E-state index contributed by atoms with van der Waals surface area (Å²) in [4.78, 5) is 25.8. The Hall–Kier alpha value is -2.61. The van der Waals surface area contributed by atoms with Crippen LogP contribution in [-0.2, 0) is 0 Å². The molecule has 1 fully saturated rings. The number of rotatable bonds is 7. The summed E-state index contributed by atoms with van der Waals surface area (Å²) < 4.78 is 42.0. The van der Waals surface area contributed by atoms with E-state index in [2.05, 4.69) is 22.4 Å². The van der Waals surface area contributed by atoms with Crippen molar-refractivity contribution in [1.82, 2.24) is 10.2 Å². The topological polar surface area (TPSA) is 111 Å². The van der Waals surface area contributed by atoms with E-state index in [9.17, 15) is 14.9 Å². The molecule has 3 N–H and O–H groups in total. The van der Waals surface area contributed by atoms with E-state index < -0.39 is 41.4 Å². The summed E-state index contributed by atoms with van der Waals surface area (Å²) in [7, 11) is 0. The minimum Gasteiger partial charge on any atom is -0.491 e. The molecule has 29 heavy (non-hydrogen) atoms. The molecule has 0 spiro atoms. The molecule has 0 saturated carbocycles. The number of piperidine rings is 1. The molecule has 1 aliphatic carbocycles. The van der Waals surface area contributed by atoms with Crippen molar-refractivity contribution in [1.29, 1.82) is 0 Å². The summed E-state index contributed by atoms with van der Waals surface area (Å²) in [5, 5.41) is 14.3. The van der Waals surface area contributed by atoms with Crippen molar-refractivity contribution >= 4 is 17.3 Å². The number of nitro groups is 1. The second kappa shape index (κ2) is 9.73. The number of ether oxygens (including phenoxy) is 1. The van der Waals surface area contributed by atoms with Crippen LogP contribution < -0.4 is 15.8 Å². The normalized spacial score (nSPS) is 23.9. The number of hydrogen-bond donors (Lipinski definition) is 2. The van der Waals surface area contributed by atoms with E-state index in [0.717, 1.165) is 57.5 Å². The maximum absolute atomic E-state index is 12.9. The average Bonchev–Trinajstić information content (AvgIpc) is 2.76. The van der Waals surface area contributed by atoms with Gasteiger partial charge in [-0.1, -0.05) is 12.2 Å². The molecule has 1 aliphatic heterocycles. The monoisotopic (exact) mass is 407 g/mol. The third kappa shape index (κ3) is 5.47. The van der Waals surface area contributed by atoms with E-state index in [0.29, 0.717) is 5.92 Å². The fourth-order valence-corrected chi connectivity index (χ4v) is 3.95. The SMILES string of the molecule is [2H]C([2H])([2H])C([2H])([2H])Oc1cc(C(=O)NC2CCN(CC3CC=CCC3)CC2)cc([N+](=O)[O-])c1N. The first-order valence-electron chi connectivity index (χ1n) is 12.3. The predicted molar refractivity (Wildman–Crippen MR) is 112 cm³/mol. The van der Waals surface area contributed by atoms with Crippen LogP contribution in [0.25, 0.3) is 0 Å². The van der Waals surface area contributed by atoms with E-state index in [1.807, 2.05) is 0 Å². The number of nitrogens with zero attached hydrogens (tertiary/aromatic N) is 2. The number of carbonyl (C=O) groups excluding carboxylic acids is 1. The first kappa shape index (κ1) is 15.3. The molecule has 0 radical (unpaired) electrons. The summed E-state index contributed by atoms with van der Waals surface area (Å²) in [5.74, 6) is -0.518. The second-order valence-electron chi connectivity index (χ2n) is 7.57. The van der Waals surface area contributed by atoms with Gasteiger partial charge < -0.3 is 20.7 Å². The lowest BCUT2D eigenvalue weighted by Crippen LogP contribution is -2.45. The zero-order chi connectivity index (χ0) is 25.1. The summed E-state index contributed by atoms with van der Waals surface area (Å²) in [5.41, 5.74) is 4.34. The lowest BCUT2D eigenvalue weighted by Gasteiger charge is -2.35. The van der Waals surface area contributed by atoms with Gasteiger partial charge in [-0.05, 0) is 50.9 Å². The van der Waals surface area contributed by atoms with E-state index in [-0.39, 0.29) is 11.6 Å². The third-order valence-electron chi connectivity index (χ3n) is 5.56. The van der Waals surface area contributed by atoms with Crippen LogP contribution in [0.1, 0.15) is 56.2 Å². The van der Waals surface area contributed by atoms with Crippen LogP contribution >= 0.6 is 0 Å². The molecule has 1 unspecified atom stereocenters. The molecule has 0 bridgehead atoms. The Kier molecular flexibility index (Phi) is 5.12. The highest BCUT2D eigenvalue weighted by Crippen LogP contribution is 2.33. The maximum atomic E-state index is 12.9. The van der Waals surface area contributed by atoms with Gasteiger partial charge in [-0.2, -0.15) is 0 Å².